The van der Waals surface area contributed by atoms with Gasteiger partial charge in [0.05, 0.1) is 25.0 Å². The van der Waals surface area contributed by atoms with Gasteiger partial charge in [-0.15, -0.1) is 5.10 Å². The summed E-state index contributed by atoms with van der Waals surface area (Å²) in [5, 5.41) is 8.35. The molecule has 1 aliphatic rings. The van der Waals surface area contributed by atoms with E-state index in [4.69, 9.17) is 9.47 Å². The fourth-order valence-electron chi connectivity index (χ4n) is 2.66. The van der Waals surface area contributed by atoms with Crippen LogP contribution in [0, 0.1) is 0 Å². The highest BCUT2D eigenvalue weighted by molar-refractivity contribution is 5.87. The van der Waals surface area contributed by atoms with Crippen LogP contribution in [0.25, 0.3) is 5.69 Å². The Hall–Kier alpha value is -2.97. The van der Waals surface area contributed by atoms with Gasteiger partial charge in [-0.3, -0.25) is 0 Å². The molecule has 1 amide bonds. The molecule has 0 N–H and O–H groups in total. The number of hydrogen-bond donors (Lipinski definition) is 0. The zero-order valence-electron chi connectivity index (χ0n) is 15.2. The summed E-state index contributed by atoms with van der Waals surface area (Å²) in [6, 6.07) is 3.34. The Kier molecular flexibility index (Phi) is 4.62. The van der Waals surface area contributed by atoms with Crippen LogP contribution in [0.15, 0.2) is 18.3 Å². The van der Waals surface area contributed by atoms with E-state index in [-0.39, 0.29) is 11.8 Å². The van der Waals surface area contributed by atoms with E-state index in [9.17, 15) is 9.59 Å². The highest BCUT2D eigenvalue weighted by atomic mass is 16.6. The van der Waals surface area contributed by atoms with Crippen LogP contribution < -0.4 is 0 Å². The second-order valence-corrected chi connectivity index (χ2v) is 6.94. The maximum absolute atomic E-state index is 12.2. The van der Waals surface area contributed by atoms with Gasteiger partial charge in [-0.1, -0.05) is 5.21 Å². The van der Waals surface area contributed by atoms with Crippen molar-refractivity contribution in [3.63, 3.8) is 0 Å². The fraction of sp³-hybridized carbons (Fsp3) is 0.471. The number of methoxy groups -OCH3 is 1. The first-order chi connectivity index (χ1) is 12.3. The van der Waals surface area contributed by atoms with Gasteiger partial charge >= 0.3 is 12.1 Å². The van der Waals surface area contributed by atoms with E-state index in [1.54, 1.807) is 21.7 Å². The molecule has 0 spiro atoms. The Bertz CT molecular complexity index is 840. The van der Waals surface area contributed by atoms with Gasteiger partial charge in [0.25, 0.3) is 0 Å². The van der Waals surface area contributed by atoms with Gasteiger partial charge in [0, 0.05) is 19.2 Å². The van der Waals surface area contributed by atoms with Crippen molar-refractivity contribution in [2.24, 2.45) is 0 Å². The minimum absolute atomic E-state index is 0.195. The van der Waals surface area contributed by atoms with Crippen molar-refractivity contribution in [1.29, 1.82) is 0 Å². The van der Waals surface area contributed by atoms with Crippen molar-refractivity contribution >= 4 is 12.1 Å². The Morgan fingerprint density at radius 1 is 1.27 bits per heavy atom. The van der Waals surface area contributed by atoms with Crippen molar-refractivity contribution in [2.45, 2.75) is 39.3 Å². The van der Waals surface area contributed by atoms with Crippen LogP contribution >= 0.6 is 0 Å². The van der Waals surface area contributed by atoms with Gasteiger partial charge in [-0.25, -0.2) is 19.3 Å². The number of carbonyl (C=O) groups is 2. The number of pyridine rings is 1. The Labute approximate surface area is 150 Å². The largest absolute Gasteiger partial charge is 0.464 e. The molecule has 9 heteroatoms. The lowest BCUT2D eigenvalue weighted by molar-refractivity contribution is 0.0220. The molecule has 2 aromatic heterocycles. The zero-order chi connectivity index (χ0) is 18.9. The van der Waals surface area contributed by atoms with Crippen LogP contribution in [0.2, 0.25) is 0 Å². The van der Waals surface area contributed by atoms with Crippen molar-refractivity contribution in [1.82, 2.24) is 24.9 Å². The predicted octanol–water partition coefficient (Wildman–Crippen LogP) is 1.74. The van der Waals surface area contributed by atoms with Crippen LogP contribution in [-0.4, -0.2) is 56.2 Å². The molecule has 26 heavy (non-hydrogen) atoms. The first-order valence-electron chi connectivity index (χ1n) is 8.24. The number of fused-ring (bicyclic) bond motifs is 1. The molecular weight excluding hydrogens is 338 g/mol. The Morgan fingerprint density at radius 2 is 2.04 bits per heavy atom. The molecule has 0 radical (unpaired) electrons. The molecule has 0 aliphatic carbocycles. The Morgan fingerprint density at radius 3 is 2.73 bits per heavy atom. The molecule has 0 saturated heterocycles. The predicted molar refractivity (Wildman–Crippen MR) is 90.8 cm³/mol. The maximum atomic E-state index is 12.2. The maximum Gasteiger partial charge on any atom is 0.410 e. The number of rotatable bonds is 2. The lowest BCUT2D eigenvalue weighted by atomic mass is 10.1. The van der Waals surface area contributed by atoms with Crippen LogP contribution in [0.1, 0.15) is 42.6 Å². The SMILES string of the molecule is COC(=O)c1cc(-n2nnc3c2CCN(C(=O)OC(C)(C)C)C3)ccn1. The molecular formula is C17H21N5O4. The van der Waals surface area contributed by atoms with E-state index in [0.29, 0.717) is 30.9 Å². The summed E-state index contributed by atoms with van der Waals surface area (Å²) in [5.74, 6) is -0.517. The molecule has 0 saturated carbocycles. The number of amides is 1. The van der Waals surface area contributed by atoms with E-state index in [2.05, 4.69) is 15.3 Å². The summed E-state index contributed by atoms with van der Waals surface area (Å²) in [6.45, 7) is 6.33. The van der Waals surface area contributed by atoms with Gasteiger partial charge < -0.3 is 14.4 Å². The summed E-state index contributed by atoms with van der Waals surface area (Å²) in [7, 11) is 1.30. The fourth-order valence-corrected chi connectivity index (χ4v) is 2.66. The summed E-state index contributed by atoms with van der Waals surface area (Å²) in [4.78, 5) is 29.5. The first-order valence-corrected chi connectivity index (χ1v) is 8.24. The van der Waals surface area contributed by atoms with E-state index >= 15 is 0 Å². The standard InChI is InChI=1S/C17H21N5O4/c1-17(2,3)26-16(24)21-8-6-14-13(10-21)19-20-22(14)11-5-7-18-12(9-11)15(23)25-4/h5,7,9H,6,8,10H2,1-4H3. The third kappa shape index (κ3) is 3.66. The number of esters is 1. The number of aromatic nitrogens is 4. The van der Waals surface area contributed by atoms with E-state index in [1.807, 2.05) is 20.8 Å². The second kappa shape index (κ2) is 6.74. The van der Waals surface area contributed by atoms with Gasteiger partial charge in [0.15, 0.2) is 0 Å². The molecule has 1 aliphatic heterocycles. The molecule has 3 rings (SSSR count). The van der Waals surface area contributed by atoms with Crippen LogP contribution in [0.4, 0.5) is 4.79 Å². The normalized spacial score (nSPS) is 13.9. The molecule has 0 aromatic carbocycles. The minimum Gasteiger partial charge on any atom is -0.464 e. The second-order valence-electron chi connectivity index (χ2n) is 6.94. The third-order valence-corrected chi connectivity index (χ3v) is 3.84. The summed E-state index contributed by atoms with van der Waals surface area (Å²) in [6.07, 6.45) is 1.73. The average Bonchev–Trinajstić information content (AvgIpc) is 3.02. The summed E-state index contributed by atoms with van der Waals surface area (Å²) < 4.78 is 11.8. The van der Waals surface area contributed by atoms with Gasteiger partial charge in [0.1, 0.15) is 17.0 Å². The van der Waals surface area contributed by atoms with Gasteiger partial charge in [-0.05, 0) is 32.9 Å². The molecule has 0 fully saturated rings. The molecule has 9 nitrogen and oxygen atoms in total. The summed E-state index contributed by atoms with van der Waals surface area (Å²) in [5.41, 5.74) is 1.92. The monoisotopic (exact) mass is 359 g/mol. The Balaban J connectivity index is 1.82. The zero-order valence-corrected chi connectivity index (χ0v) is 15.2. The van der Waals surface area contributed by atoms with Crippen molar-refractivity contribution in [3.05, 3.63) is 35.4 Å². The lowest BCUT2D eigenvalue weighted by Gasteiger charge is -2.29. The van der Waals surface area contributed by atoms with Gasteiger partial charge in [0.2, 0.25) is 0 Å². The van der Waals surface area contributed by atoms with Crippen LogP contribution in [0.5, 0.6) is 0 Å². The highest BCUT2D eigenvalue weighted by Gasteiger charge is 2.29. The van der Waals surface area contributed by atoms with Crippen LogP contribution in [0.3, 0.4) is 0 Å². The smallest absolute Gasteiger partial charge is 0.410 e. The first kappa shape index (κ1) is 17.8. The molecule has 0 atom stereocenters. The molecule has 2 aromatic rings. The van der Waals surface area contributed by atoms with Crippen LogP contribution in [-0.2, 0) is 22.4 Å². The molecule has 3 heterocycles. The molecule has 0 unspecified atom stereocenters. The van der Waals surface area contributed by atoms with E-state index in [1.165, 1.54) is 13.3 Å². The number of nitrogens with zero attached hydrogens (tertiary/aromatic N) is 5. The number of hydrogen-bond acceptors (Lipinski definition) is 7. The lowest BCUT2D eigenvalue weighted by Crippen LogP contribution is -2.40. The highest BCUT2D eigenvalue weighted by Crippen LogP contribution is 2.22. The molecule has 138 valence electrons. The number of ether oxygens (including phenoxy) is 2. The third-order valence-electron chi connectivity index (χ3n) is 3.84. The topological polar surface area (TPSA) is 99.4 Å². The quantitative estimate of drug-likeness (QED) is 0.753. The minimum atomic E-state index is -0.545. The van der Waals surface area contributed by atoms with Crippen molar-refractivity contribution in [2.75, 3.05) is 13.7 Å². The van der Waals surface area contributed by atoms with E-state index in [0.717, 1.165) is 5.69 Å². The summed E-state index contributed by atoms with van der Waals surface area (Å²) >= 11 is 0. The van der Waals surface area contributed by atoms with Crippen molar-refractivity contribution < 1.29 is 19.1 Å². The van der Waals surface area contributed by atoms with Gasteiger partial charge in [-0.2, -0.15) is 0 Å². The average molecular weight is 359 g/mol. The molecule has 0 bridgehead atoms. The van der Waals surface area contributed by atoms with Crippen molar-refractivity contribution in [3.8, 4) is 5.69 Å². The van der Waals surface area contributed by atoms with E-state index < -0.39 is 11.6 Å². The number of carbonyl (C=O) groups excluding carboxylic acids is 2.